The first-order valence-corrected chi connectivity index (χ1v) is 8.86. The van der Waals surface area contributed by atoms with Crippen molar-refractivity contribution in [2.24, 2.45) is 5.92 Å². The molecular formula is C15H25O5P. The van der Waals surface area contributed by atoms with Gasteiger partial charge in [0, 0.05) is 0 Å². The molecule has 1 aromatic rings. The number of phenolic OH excluding ortho intramolecular Hbond substituents is 1. The molecule has 0 aliphatic carbocycles. The Bertz CT molecular complexity index is 446. The van der Waals surface area contributed by atoms with Gasteiger partial charge in [-0.2, -0.15) is 0 Å². The van der Waals surface area contributed by atoms with Crippen LogP contribution < -0.4 is 0 Å². The van der Waals surface area contributed by atoms with Crippen molar-refractivity contribution in [1.29, 1.82) is 0 Å². The summed E-state index contributed by atoms with van der Waals surface area (Å²) in [6.07, 6.45) is 3.76. The number of phosphoric acid groups is 1. The Balaban J connectivity index is 2.58. The molecule has 21 heavy (non-hydrogen) atoms. The van der Waals surface area contributed by atoms with Crippen LogP contribution in [0.3, 0.4) is 0 Å². The second-order valence-electron chi connectivity index (χ2n) is 5.06. The summed E-state index contributed by atoms with van der Waals surface area (Å²) >= 11 is 0. The lowest BCUT2D eigenvalue weighted by Crippen LogP contribution is -2.12. The van der Waals surface area contributed by atoms with Gasteiger partial charge in [0.1, 0.15) is 5.75 Å². The summed E-state index contributed by atoms with van der Waals surface area (Å²) in [5, 5.41) is 9.29. The molecule has 120 valence electrons. The molecule has 0 saturated carbocycles. The van der Waals surface area contributed by atoms with Gasteiger partial charge >= 0.3 is 7.82 Å². The van der Waals surface area contributed by atoms with Gasteiger partial charge < -0.3 is 10.00 Å². The molecule has 6 heteroatoms. The van der Waals surface area contributed by atoms with Crippen LogP contribution in [0.15, 0.2) is 24.3 Å². The Kier molecular flexibility index (Phi) is 7.97. The van der Waals surface area contributed by atoms with Crippen LogP contribution in [0, 0.1) is 5.92 Å². The van der Waals surface area contributed by atoms with Crippen LogP contribution in [0.2, 0.25) is 0 Å². The van der Waals surface area contributed by atoms with Gasteiger partial charge in [-0.05, 0) is 43.4 Å². The number of benzene rings is 1. The van der Waals surface area contributed by atoms with Crippen molar-refractivity contribution in [3.05, 3.63) is 29.8 Å². The minimum absolute atomic E-state index is 0.144. The van der Waals surface area contributed by atoms with Gasteiger partial charge in [0.05, 0.1) is 13.2 Å². The third-order valence-corrected chi connectivity index (χ3v) is 4.25. The zero-order chi connectivity index (χ0) is 15.7. The Labute approximate surface area is 126 Å². The summed E-state index contributed by atoms with van der Waals surface area (Å²) in [4.78, 5) is 9.47. The summed E-state index contributed by atoms with van der Waals surface area (Å²) in [5.74, 6) is 0.381. The summed E-state index contributed by atoms with van der Waals surface area (Å²) in [7, 11) is -3.93. The SMILES string of the molecule is CCCCC(COP(=O)(O)OCC)Cc1ccc(O)cc1. The van der Waals surface area contributed by atoms with Crippen LogP contribution >= 0.6 is 7.82 Å². The molecule has 0 radical (unpaired) electrons. The highest BCUT2D eigenvalue weighted by atomic mass is 31.2. The molecule has 0 amide bonds. The lowest BCUT2D eigenvalue weighted by Gasteiger charge is -2.19. The highest BCUT2D eigenvalue weighted by Gasteiger charge is 2.22. The highest BCUT2D eigenvalue weighted by molar-refractivity contribution is 7.47. The van der Waals surface area contributed by atoms with E-state index in [0.29, 0.717) is 0 Å². The maximum Gasteiger partial charge on any atom is 0.472 e. The monoisotopic (exact) mass is 316 g/mol. The smallest absolute Gasteiger partial charge is 0.472 e. The van der Waals surface area contributed by atoms with E-state index < -0.39 is 7.82 Å². The standard InChI is InChI=1S/C15H25O5P/c1-3-5-6-14(12-20-21(17,18)19-4-2)11-13-7-9-15(16)10-8-13/h7-10,14,16H,3-6,11-12H2,1-2H3,(H,17,18). The molecule has 1 aromatic carbocycles. The number of aromatic hydroxyl groups is 1. The van der Waals surface area contributed by atoms with Crippen molar-refractivity contribution in [3.63, 3.8) is 0 Å². The molecule has 5 nitrogen and oxygen atoms in total. The molecule has 0 saturated heterocycles. The Morgan fingerprint density at radius 2 is 1.86 bits per heavy atom. The molecule has 0 aliphatic heterocycles. The fourth-order valence-electron chi connectivity index (χ4n) is 2.10. The summed E-state index contributed by atoms with van der Waals surface area (Å²) in [5.41, 5.74) is 1.07. The van der Waals surface area contributed by atoms with Gasteiger partial charge in [-0.1, -0.05) is 31.9 Å². The molecule has 2 unspecified atom stereocenters. The van der Waals surface area contributed by atoms with Crippen molar-refractivity contribution in [2.45, 2.75) is 39.5 Å². The fourth-order valence-corrected chi connectivity index (χ4v) is 2.90. The summed E-state index contributed by atoms with van der Waals surface area (Å²) in [6, 6.07) is 7.00. The molecule has 0 aliphatic rings. The van der Waals surface area contributed by atoms with E-state index in [4.69, 9.17) is 9.05 Å². The van der Waals surface area contributed by atoms with Gasteiger partial charge in [-0.15, -0.1) is 0 Å². The van der Waals surface area contributed by atoms with Gasteiger partial charge in [0.2, 0.25) is 0 Å². The first kappa shape index (κ1) is 18.2. The third-order valence-electron chi connectivity index (χ3n) is 3.19. The zero-order valence-electron chi connectivity index (χ0n) is 12.7. The van der Waals surface area contributed by atoms with E-state index in [9.17, 15) is 14.6 Å². The van der Waals surface area contributed by atoms with Crippen LogP contribution in [-0.2, 0) is 20.0 Å². The molecule has 0 bridgehead atoms. The minimum atomic E-state index is -3.93. The molecule has 2 N–H and O–H groups in total. The van der Waals surface area contributed by atoms with Crippen LogP contribution in [-0.4, -0.2) is 23.2 Å². The van der Waals surface area contributed by atoms with E-state index in [1.165, 1.54) is 0 Å². The number of hydrogen-bond donors (Lipinski definition) is 2. The second-order valence-corrected chi connectivity index (χ2v) is 6.51. The molecule has 0 spiro atoms. The second kappa shape index (κ2) is 9.21. The molecule has 0 fully saturated rings. The summed E-state index contributed by atoms with van der Waals surface area (Å²) in [6.45, 7) is 4.09. The predicted octanol–water partition coefficient (Wildman–Crippen LogP) is 3.89. The Morgan fingerprint density at radius 3 is 2.43 bits per heavy atom. The number of rotatable bonds is 10. The molecule has 0 aromatic heterocycles. The van der Waals surface area contributed by atoms with E-state index >= 15 is 0 Å². The molecule has 0 heterocycles. The van der Waals surface area contributed by atoms with Crippen molar-refractivity contribution < 1.29 is 23.6 Å². The number of unbranched alkanes of at least 4 members (excludes halogenated alkanes) is 1. The van der Waals surface area contributed by atoms with Crippen LogP contribution in [0.4, 0.5) is 0 Å². The number of phosphoric ester groups is 1. The lowest BCUT2D eigenvalue weighted by molar-refractivity contribution is 0.132. The fraction of sp³-hybridized carbons (Fsp3) is 0.600. The topological polar surface area (TPSA) is 76.0 Å². The molecular weight excluding hydrogens is 291 g/mol. The molecule has 1 rings (SSSR count). The number of hydrogen-bond acceptors (Lipinski definition) is 4. The van der Waals surface area contributed by atoms with Gasteiger partial charge in [0.15, 0.2) is 0 Å². The largest absolute Gasteiger partial charge is 0.508 e. The quantitative estimate of drug-likeness (QED) is 0.640. The maximum absolute atomic E-state index is 11.6. The van der Waals surface area contributed by atoms with E-state index in [-0.39, 0.29) is 24.9 Å². The van der Waals surface area contributed by atoms with Crippen LogP contribution in [0.25, 0.3) is 0 Å². The predicted molar refractivity (Wildman–Crippen MR) is 82.2 cm³/mol. The van der Waals surface area contributed by atoms with Crippen LogP contribution in [0.5, 0.6) is 5.75 Å². The highest BCUT2D eigenvalue weighted by Crippen LogP contribution is 2.43. The van der Waals surface area contributed by atoms with E-state index in [1.54, 1.807) is 19.1 Å². The lowest BCUT2D eigenvalue weighted by atomic mass is 9.95. The van der Waals surface area contributed by atoms with Gasteiger partial charge in [-0.3, -0.25) is 9.05 Å². The van der Waals surface area contributed by atoms with E-state index in [0.717, 1.165) is 31.2 Å². The van der Waals surface area contributed by atoms with Crippen molar-refractivity contribution in [1.82, 2.24) is 0 Å². The van der Waals surface area contributed by atoms with Crippen molar-refractivity contribution >= 4 is 7.82 Å². The first-order chi connectivity index (χ1) is 9.96. The average Bonchev–Trinajstić information content (AvgIpc) is 2.44. The first-order valence-electron chi connectivity index (χ1n) is 7.36. The van der Waals surface area contributed by atoms with Gasteiger partial charge in [-0.25, -0.2) is 4.57 Å². The van der Waals surface area contributed by atoms with Gasteiger partial charge in [0.25, 0.3) is 0 Å². The van der Waals surface area contributed by atoms with Crippen LogP contribution in [0.1, 0.15) is 38.7 Å². The minimum Gasteiger partial charge on any atom is -0.508 e. The van der Waals surface area contributed by atoms with Crippen molar-refractivity contribution in [3.8, 4) is 5.75 Å². The Hall–Kier alpha value is -0.870. The van der Waals surface area contributed by atoms with Crippen molar-refractivity contribution in [2.75, 3.05) is 13.2 Å². The summed E-state index contributed by atoms with van der Waals surface area (Å²) < 4.78 is 21.3. The number of phenols is 1. The third kappa shape index (κ3) is 7.63. The maximum atomic E-state index is 11.6. The normalized spacial score (nSPS) is 15.6. The van der Waals surface area contributed by atoms with E-state index in [1.807, 2.05) is 12.1 Å². The van der Waals surface area contributed by atoms with E-state index in [2.05, 4.69) is 6.92 Å². The molecule has 2 atom stereocenters. The average molecular weight is 316 g/mol. The zero-order valence-corrected chi connectivity index (χ0v) is 13.6. The Morgan fingerprint density at radius 1 is 1.19 bits per heavy atom.